The molecule has 0 bridgehead atoms. The fourth-order valence-corrected chi connectivity index (χ4v) is 4.83. The van der Waals surface area contributed by atoms with E-state index in [2.05, 4.69) is 51.8 Å². The van der Waals surface area contributed by atoms with Gasteiger partial charge in [-0.15, -0.1) is 23.1 Å². The van der Waals surface area contributed by atoms with Crippen LogP contribution < -0.4 is 5.32 Å². The van der Waals surface area contributed by atoms with Gasteiger partial charge in [-0.05, 0) is 44.4 Å². The number of aryl methyl sites for hydroxylation is 1. The van der Waals surface area contributed by atoms with Gasteiger partial charge in [0.15, 0.2) is 0 Å². The van der Waals surface area contributed by atoms with Gasteiger partial charge in [-0.3, -0.25) is 9.69 Å². The zero-order valence-corrected chi connectivity index (χ0v) is 17.9. The minimum atomic E-state index is 0.0816. The first-order valence-electron chi connectivity index (χ1n) is 9.67. The number of hydrogen-bond acceptors (Lipinski definition) is 5. The number of thioether (sulfide) groups is 1. The maximum atomic E-state index is 12.0. The van der Waals surface area contributed by atoms with Crippen molar-refractivity contribution < 1.29 is 4.79 Å². The summed E-state index contributed by atoms with van der Waals surface area (Å²) in [5.41, 5.74) is 3.57. The van der Waals surface area contributed by atoms with Crippen molar-refractivity contribution in [3.63, 3.8) is 0 Å². The molecule has 6 heteroatoms. The molecule has 0 spiro atoms. The largest absolute Gasteiger partial charge is 0.351 e. The number of thiazole rings is 1. The Morgan fingerprint density at radius 2 is 2.07 bits per heavy atom. The van der Waals surface area contributed by atoms with E-state index in [9.17, 15) is 4.79 Å². The molecular weight excluding hydrogens is 374 g/mol. The molecule has 0 aliphatic carbocycles. The summed E-state index contributed by atoms with van der Waals surface area (Å²) in [6, 6.07) is 9.35. The Labute approximate surface area is 170 Å². The van der Waals surface area contributed by atoms with Crippen LogP contribution in [0.5, 0.6) is 0 Å². The lowest BCUT2D eigenvalue weighted by atomic mass is 10.0. The maximum Gasteiger partial charge on any atom is 0.230 e. The molecule has 1 amide bonds. The van der Waals surface area contributed by atoms with Crippen LogP contribution >= 0.6 is 23.1 Å². The summed E-state index contributed by atoms with van der Waals surface area (Å²) in [7, 11) is 0. The predicted octanol–water partition coefficient (Wildman–Crippen LogP) is 4.38. The lowest BCUT2D eigenvalue weighted by Crippen LogP contribution is -2.36. The molecule has 1 aromatic carbocycles. The van der Waals surface area contributed by atoms with Crippen LogP contribution in [0.3, 0.4) is 0 Å². The average molecular weight is 404 g/mol. The van der Waals surface area contributed by atoms with Gasteiger partial charge in [0.05, 0.1) is 16.5 Å². The monoisotopic (exact) mass is 403 g/mol. The molecule has 0 saturated carbocycles. The maximum absolute atomic E-state index is 12.0. The first kappa shape index (κ1) is 20.4. The number of piperidine rings is 1. The van der Waals surface area contributed by atoms with Crippen LogP contribution in [0, 0.1) is 6.92 Å². The van der Waals surface area contributed by atoms with Crippen molar-refractivity contribution in [2.45, 2.75) is 58.0 Å². The molecule has 2 aromatic rings. The topological polar surface area (TPSA) is 45.2 Å². The molecule has 3 rings (SSSR count). The van der Waals surface area contributed by atoms with Crippen molar-refractivity contribution in [2.24, 2.45) is 0 Å². The van der Waals surface area contributed by atoms with E-state index in [0.29, 0.717) is 18.3 Å². The molecule has 146 valence electrons. The van der Waals surface area contributed by atoms with Crippen LogP contribution in [0.1, 0.15) is 48.0 Å². The number of nitrogens with zero attached hydrogens (tertiary/aromatic N) is 2. The third-order valence-corrected chi connectivity index (χ3v) is 6.78. The van der Waals surface area contributed by atoms with E-state index in [-0.39, 0.29) is 5.91 Å². The Morgan fingerprint density at radius 3 is 2.78 bits per heavy atom. The number of carbonyl (C=O) groups is 1. The second-order valence-corrected chi connectivity index (χ2v) is 9.31. The van der Waals surface area contributed by atoms with Gasteiger partial charge in [-0.2, -0.15) is 0 Å². The number of carbonyl (C=O) groups excluding carboxylic acids is 1. The highest BCUT2D eigenvalue weighted by atomic mass is 32.2. The SMILES string of the molecule is Cc1nc(CSCC(=O)NCc2ccc(CN3CCCC[C@@H]3C)cc2)cs1. The summed E-state index contributed by atoms with van der Waals surface area (Å²) in [6.45, 7) is 7.16. The van der Waals surface area contributed by atoms with Crippen LogP contribution in [-0.2, 0) is 23.6 Å². The van der Waals surface area contributed by atoms with Crippen molar-refractivity contribution in [1.82, 2.24) is 15.2 Å². The van der Waals surface area contributed by atoms with E-state index in [1.807, 2.05) is 6.92 Å². The number of rotatable bonds is 8. The highest BCUT2D eigenvalue weighted by Crippen LogP contribution is 2.19. The molecule has 27 heavy (non-hydrogen) atoms. The van der Waals surface area contributed by atoms with Crippen LogP contribution in [0.25, 0.3) is 0 Å². The van der Waals surface area contributed by atoms with Crippen molar-refractivity contribution in [2.75, 3.05) is 12.3 Å². The fourth-order valence-electron chi connectivity index (χ4n) is 3.36. The third-order valence-electron chi connectivity index (χ3n) is 4.99. The molecule has 0 radical (unpaired) electrons. The highest BCUT2D eigenvalue weighted by Gasteiger charge is 2.17. The van der Waals surface area contributed by atoms with Gasteiger partial charge in [0, 0.05) is 30.3 Å². The van der Waals surface area contributed by atoms with Gasteiger partial charge in [0.1, 0.15) is 0 Å². The second-order valence-electron chi connectivity index (χ2n) is 7.26. The number of amides is 1. The van der Waals surface area contributed by atoms with Crippen LogP contribution in [0.4, 0.5) is 0 Å². The van der Waals surface area contributed by atoms with E-state index >= 15 is 0 Å². The van der Waals surface area contributed by atoms with Gasteiger partial charge in [0.2, 0.25) is 5.91 Å². The van der Waals surface area contributed by atoms with Crippen molar-refractivity contribution in [3.05, 3.63) is 51.5 Å². The summed E-state index contributed by atoms with van der Waals surface area (Å²) in [5.74, 6) is 1.35. The smallest absolute Gasteiger partial charge is 0.230 e. The van der Waals surface area contributed by atoms with Gasteiger partial charge in [-0.25, -0.2) is 4.98 Å². The van der Waals surface area contributed by atoms with Gasteiger partial charge < -0.3 is 5.32 Å². The number of hydrogen-bond donors (Lipinski definition) is 1. The van der Waals surface area contributed by atoms with E-state index in [1.54, 1.807) is 23.1 Å². The Balaban J connectivity index is 1.37. The lowest BCUT2D eigenvalue weighted by Gasteiger charge is -2.33. The normalized spacial score (nSPS) is 17.8. The van der Waals surface area contributed by atoms with Gasteiger partial charge >= 0.3 is 0 Å². The zero-order chi connectivity index (χ0) is 19.1. The minimum Gasteiger partial charge on any atom is -0.351 e. The molecule has 4 nitrogen and oxygen atoms in total. The van der Waals surface area contributed by atoms with E-state index < -0.39 is 0 Å². The summed E-state index contributed by atoms with van der Waals surface area (Å²) in [5, 5.41) is 6.15. The minimum absolute atomic E-state index is 0.0816. The molecule has 0 unspecified atom stereocenters. The number of nitrogens with one attached hydrogen (secondary N) is 1. The summed E-state index contributed by atoms with van der Waals surface area (Å²) in [4.78, 5) is 19.0. The van der Waals surface area contributed by atoms with E-state index in [4.69, 9.17) is 0 Å². The van der Waals surface area contributed by atoms with Crippen LogP contribution in [-0.4, -0.2) is 34.1 Å². The molecular formula is C21H29N3OS2. The Bertz CT molecular complexity index is 729. The molecule has 2 heterocycles. The molecule has 1 atom stereocenters. The van der Waals surface area contributed by atoms with Crippen LogP contribution in [0.15, 0.2) is 29.6 Å². The first-order chi connectivity index (χ1) is 13.1. The standard InChI is InChI=1S/C21H29N3OS2/c1-16-5-3-4-10-24(16)12-19-8-6-18(7-9-19)11-22-21(25)15-26-13-20-14-27-17(2)23-20/h6-9,14,16H,3-5,10-13,15H2,1-2H3,(H,22,25)/t16-/m0/s1. The molecule has 1 saturated heterocycles. The summed E-state index contributed by atoms with van der Waals surface area (Å²) in [6.07, 6.45) is 3.98. The summed E-state index contributed by atoms with van der Waals surface area (Å²) < 4.78 is 0. The Hall–Kier alpha value is -1.37. The number of aromatic nitrogens is 1. The Kier molecular flexibility index (Phi) is 7.73. The quantitative estimate of drug-likeness (QED) is 0.711. The van der Waals surface area contributed by atoms with E-state index in [1.165, 1.54) is 31.4 Å². The molecule has 1 fully saturated rings. The summed E-state index contributed by atoms with van der Waals surface area (Å²) >= 11 is 3.27. The molecule has 1 aliphatic rings. The van der Waals surface area contributed by atoms with Gasteiger partial charge in [0.25, 0.3) is 0 Å². The van der Waals surface area contributed by atoms with E-state index in [0.717, 1.165) is 28.6 Å². The van der Waals surface area contributed by atoms with Crippen molar-refractivity contribution in [3.8, 4) is 0 Å². The molecule has 1 aliphatic heterocycles. The third kappa shape index (κ3) is 6.63. The predicted molar refractivity (Wildman–Crippen MR) is 115 cm³/mol. The first-order valence-corrected chi connectivity index (χ1v) is 11.7. The van der Waals surface area contributed by atoms with Gasteiger partial charge in [-0.1, -0.05) is 30.7 Å². The number of likely N-dealkylation sites (tertiary alicyclic amines) is 1. The average Bonchev–Trinajstić information content (AvgIpc) is 3.08. The molecule has 1 N–H and O–H groups in total. The Morgan fingerprint density at radius 1 is 1.30 bits per heavy atom. The second kappa shape index (κ2) is 10.2. The van der Waals surface area contributed by atoms with Crippen molar-refractivity contribution in [1.29, 1.82) is 0 Å². The van der Waals surface area contributed by atoms with Crippen molar-refractivity contribution >= 4 is 29.0 Å². The van der Waals surface area contributed by atoms with Crippen LogP contribution in [0.2, 0.25) is 0 Å². The highest BCUT2D eigenvalue weighted by molar-refractivity contribution is 7.99. The lowest BCUT2D eigenvalue weighted by molar-refractivity contribution is -0.118. The zero-order valence-electron chi connectivity index (χ0n) is 16.2. The number of benzene rings is 1. The molecule has 1 aromatic heterocycles. The fraction of sp³-hybridized carbons (Fsp3) is 0.524.